The molecule has 1 aliphatic carbocycles. The molecule has 2 rings (SSSR count). The number of thiocarbonyl (C=S) groups is 1. The number of hydrogen-bond donors (Lipinski definition) is 2. The highest BCUT2D eigenvalue weighted by molar-refractivity contribution is 7.80. The van der Waals surface area contributed by atoms with Crippen LogP contribution in [0.3, 0.4) is 0 Å². The van der Waals surface area contributed by atoms with Crippen LogP contribution < -0.4 is 10.6 Å². The maximum Gasteiger partial charge on any atom is 0.171 e. The Morgan fingerprint density at radius 2 is 1.70 bits per heavy atom. The third kappa shape index (κ3) is 3.72. The number of benzene rings is 1. The summed E-state index contributed by atoms with van der Waals surface area (Å²) in [5.41, 5.74) is 5.27. The van der Waals surface area contributed by atoms with E-state index in [0.29, 0.717) is 6.04 Å². The van der Waals surface area contributed by atoms with Crippen LogP contribution in [-0.2, 0) is 12.8 Å². The van der Waals surface area contributed by atoms with Crippen molar-refractivity contribution >= 4 is 23.0 Å². The summed E-state index contributed by atoms with van der Waals surface area (Å²) >= 11 is 5.50. The van der Waals surface area contributed by atoms with Crippen LogP contribution >= 0.6 is 12.2 Å². The summed E-state index contributed by atoms with van der Waals surface area (Å²) < 4.78 is 0. The first-order chi connectivity index (χ1) is 9.63. The Labute approximate surface area is 128 Å². The Morgan fingerprint density at radius 1 is 1.15 bits per heavy atom. The summed E-state index contributed by atoms with van der Waals surface area (Å²) in [7, 11) is 0. The first-order valence-electron chi connectivity index (χ1n) is 7.84. The van der Waals surface area contributed by atoms with Crippen molar-refractivity contribution in [3.63, 3.8) is 0 Å². The van der Waals surface area contributed by atoms with Gasteiger partial charge in [-0.2, -0.15) is 0 Å². The normalized spacial score (nSPS) is 15.3. The Kier molecular flexibility index (Phi) is 5.41. The lowest BCUT2D eigenvalue weighted by Gasteiger charge is -2.20. The highest BCUT2D eigenvalue weighted by Gasteiger charge is 2.16. The number of hydrogen-bond acceptors (Lipinski definition) is 1. The fraction of sp³-hybridized carbons (Fsp3) is 0.588. The second-order valence-corrected chi connectivity index (χ2v) is 6.15. The van der Waals surface area contributed by atoms with Crippen LogP contribution in [0.1, 0.15) is 56.2 Å². The van der Waals surface area contributed by atoms with Crippen LogP contribution in [0.2, 0.25) is 0 Å². The van der Waals surface area contributed by atoms with E-state index in [1.54, 1.807) is 0 Å². The quantitative estimate of drug-likeness (QED) is 0.806. The molecule has 1 fully saturated rings. The smallest absolute Gasteiger partial charge is 0.171 e. The molecule has 2 N–H and O–H groups in total. The van der Waals surface area contributed by atoms with E-state index in [-0.39, 0.29) is 0 Å². The monoisotopic (exact) mass is 290 g/mol. The van der Waals surface area contributed by atoms with E-state index in [0.717, 1.165) is 18.0 Å². The number of nitrogens with one attached hydrogen (secondary N) is 2. The van der Waals surface area contributed by atoms with Gasteiger partial charge in [-0.25, -0.2) is 0 Å². The Balaban J connectivity index is 2.12. The molecule has 0 atom stereocenters. The van der Waals surface area contributed by atoms with Crippen LogP contribution in [0.15, 0.2) is 12.1 Å². The summed E-state index contributed by atoms with van der Waals surface area (Å²) in [4.78, 5) is 0. The van der Waals surface area contributed by atoms with Crippen LogP contribution in [0.5, 0.6) is 0 Å². The molecule has 0 heterocycles. The average molecular weight is 290 g/mol. The molecule has 0 saturated heterocycles. The molecular weight excluding hydrogens is 264 g/mol. The maximum absolute atomic E-state index is 5.50. The molecular formula is C17H26N2S. The molecule has 0 spiro atoms. The summed E-state index contributed by atoms with van der Waals surface area (Å²) in [6.45, 7) is 6.57. The van der Waals surface area contributed by atoms with Crippen molar-refractivity contribution in [3.05, 3.63) is 28.8 Å². The van der Waals surface area contributed by atoms with Gasteiger partial charge in [-0.3, -0.25) is 0 Å². The van der Waals surface area contributed by atoms with E-state index in [2.05, 4.69) is 43.5 Å². The summed E-state index contributed by atoms with van der Waals surface area (Å²) in [5.74, 6) is 0. The first kappa shape index (κ1) is 15.3. The molecule has 1 aliphatic rings. The van der Waals surface area contributed by atoms with Gasteiger partial charge in [0.15, 0.2) is 5.11 Å². The SMILES string of the molecule is CCc1cc(C)cc(CC)c1NC(=S)NC1CCCC1. The van der Waals surface area contributed by atoms with Crippen LogP contribution in [0.4, 0.5) is 5.69 Å². The predicted molar refractivity (Wildman–Crippen MR) is 91.5 cm³/mol. The number of rotatable bonds is 4. The topological polar surface area (TPSA) is 24.1 Å². The zero-order chi connectivity index (χ0) is 14.5. The highest BCUT2D eigenvalue weighted by Crippen LogP contribution is 2.25. The summed E-state index contributed by atoms with van der Waals surface area (Å²) in [6.07, 6.45) is 7.20. The molecule has 0 aromatic heterocycles. The zero-order valence-corrected chi connectivity index (χ0v) is 13.7. The number of anilines is 1. The van der Waals surface area contributed by atoms with Crippen LogP contribution in [-0.4, -0.2) is 11.2 Å². The van der Waals surface area contributed by atoms with Gasteiger partial charge in [0.2, 0.25) is 0 Å². The minimum absolute atomic E-state index is 0.565. The fourth-order valence-electron chi connectivity index (χ4n) is 3.07. The molecule has 1 aromatic rings. The Morgan fingerprint density at radius 3 is 2.20 bits per heavy atom. The fourth-order valence-corrected chi connectivity index (χ4v) is 3.33. The van der Waals surface area contributed by atoms with Crippen molar-refractivity contribution in [1.29, 1.82) is 0 Å². The van der Waals surface area contributed by atoms with Gasteiger partial charge in [-0.05, 0) is 56.0 Å². The van der Waals surface area contributed by atoms with Crippen LogP contribution in [0, 0.1) is 6.92 Å². The third-order valence-corrected chi connectivity index (χ3v) is 4.36. The molecule has 20 heavy (non-hydrogen) atoms. The van der Waals surface area contributed by atoms with Crippen LogP contribution in [0.25, 0.3) is 0 Å². The van der Waals surface area contributed by atoms with Gasteiger partial charge in [0.1, 0.15) is 0 Å². The minimum Gasteiger partial charge on any atom is -0.360 e. The molecule has 1 saturated carbocycles. The second-order valence-electron chi connectivity index (χ2n) is 5.75. The number of aryl methyl sites for hydroxylation is 3. The van der Waals surface area contributed by atoms with Gasteiger partial charge in [-0.15, -0.1) is 0 Å². The Hall–Kier alpha value is -1.09. The summed E-state index contributed by atoms with van der Waals surface area (Å²) in [5, 5.41) is 7.70. The average Bonchev–Trinajstić information content (AvgIpc) is 2.92. The lowest BCUT2D eigenvalue weighted by atomic mass is 10.00. The van der Waals surface area contributed by atoms with E-state index >= 15 is 0 Å². The van der Waals surface area contributed by atoms with E-state index < -0.39 is 0 Å². The van der Waals surface area contributed by atoms with Crippen molar-refractivity contribution in [1.82, 2.24) is 5.32 Å². The van der Waals surface area contributed by atoms with Gasteiger partial charge in [0, 0.05) is 11.7 Å². The highest BCUT2D eigenvalue weighted by atomic mass is 32.1. The van der Waals surface area contributed by atoms with E-state index in [9.17, 15) is 0 Å². The zero-order valence-electron chi connectivity index (χ0n) is 12.9. The molecule has 3 heteroatoms. The van der Waals surface area contributed by atoms with Crippen molar-refractivity contribution in [2.75, 3.05) is 5.32 Å². The van der Waals surface area contributed by atoms with Gasteiger partial charge in [0.05, 0.1) is 0 Å². The minimum atomic E-state index is 0.565. The van der Waals surface area contributed by atoms with Gasteiger partial charge < -0.3 is 10.6 Å². The third-order valence-electron chi connectivity index (χ3n) is 4.14. The molecule has 0 radical (unpaired) electrons. The van der Waals surface area contributed by atoms with Crippen molar-refractivity contribution in [2.24, 2.45) is 0 Å². The van der Waals surface area contributed by atoms with E-state index in [4.69, 9.17) is 12.2 Å². The molecule has 0 amide bonds. The lowest BCUT2D eigenvalue weighted by Crippen LogP contribution is -2.36. The van der Waals surface area contributed by atoms with E-state index in [1.807, 2.05) is 0 Å². The van der Waals surface area contributed by atoms with E-state index in [1.165, 1.54) is 48.1 Å². The predicted octanol–water partition coefficient (Wildman–Crippen LogP) is 4.35. The summed E-state index contributed by atoms with van der Waals surface area (Å²) in [6, 6.07) is 5.09. The Bertz CT molecular complexity index is 451. The largest absolute Gasteiger partial charge is 0.360 e. The molecule has 0 bridgehead atoms. The standard InChI is InChI=1S/C17H26N2S/c1-4-13-10-12(3)11-14(5-2)16(13)19-17(20)18-15-8-6-7-9-15/h10-11,15H,4-9H2,1-3H3,(H2,18,19,20). The van der Waals surface area contributed by atoms with Gasteiger partial charge in [-0.1, -0.05) is 44.4 Å². The van der Waals surface area contributed by atoms with Crippen molar-refractivity contribution in [2.45, 2.75) is 65.3 Å². The van der Waals surface area contributed by atoms with Crippen molar-refractivity contribution < 1.29 is 0 Å². The molecule has 2 nitrogen and oxygen atoms in total. The van der Waals surface area contributed by atoms with Gasteiger partial charge in [0.25, 0.3) is 0 Å². The maximum atomic E-state index is 5.50. The molecule has 1 aromatic carbocycles. The van der Waals surface area contributed by atoms with Gasteiger partial charge >= 0.3 is 0 Å². The molecule has 110 valence electrons. The first-order valence-corrected chi connectivity index (χ1v) is 8.24. The molecule has 0 aliphatic heterocycles. The second kappa shape index (κ2) is 7.07. The lowest BCUT2D eigenvalue weighted by molar-refractivity contribution is 0.634. The van der Waals surface area contributed by atoms with Crippen molar-refractivity contribution in [3.8, 4) is 0 Å². The molecule has 0 unspecified atom stereocenters.